The highest BCUT2D eigenvalue weighted by atomic mass is 16.3. The van der Waals surface area contributed by atoms with Crippen molar-refractivity contribution in [1.29, 1.82) is 0 Å². The van der Waals surface area contributed by atoms with E-state index in [9.17, 15) is 9.90 Å². The highest BCUT2D eigenvalue weighted by molar-refractivity contribution is 6.00. The van der Waals surface area contributed by atoms with Gasteiger partial charge in [-0.1, -0.05) is 42.0 Å². The van der Waals surface area contributed by atoms with Gasteiger partial charge in [0.25, 0.3) is 5.91 Å². The summed E-state index contributed by atoms with van der Waals surface area (Å²) in [5.74, 6) is 0.0979. The minimum atomic E-state index is -0.309. The summed E-state index contributed by atoms with van der Waals surface area (Å²) < 4.78 is 0. The first-order valence-corrected chi connectivity index (χ1v) is 9.76. The molecule has 6 nitrogen and oxygen atoms in total. The maximum absolute atomic E-state index is 13.3. The van der Waals surface area contributed by atoms with E-state index in [0.717, 1.165) is 33.5 Å². The Morgan fingerprint density at radius 3 is 2.40 bits per heavy atom. The normalized spacial score (nSPS) is 15.4. The van der Waals surface area contributed by atoms with Gasteiger partial charge in [-0.3, -0.25) is 14.9 Å². The van der Waals surface area contributed by atoms with Crippen LogP contribution >= 0.6 is 0 Å². The Labute approximate surface area is 173 Å². The number of amides is 1. The molecule has 148 valence electrons. The van der Waals surface area contributed by atoms with Crippen molar-refractivity contribution in [3.8, 4) is 17.0 Å². The summed E-state index contributed by atoms with van der Waals surface area (Å²) in [5, 5.41) is 17.2. The molecule has 30 heavy (non-hydrogen) atoms. The summed E-state index contributed by atoms with van der Waals surface area (Å²) in [5.41, 5.74) is 6.19. The first-order chi connectivity index (χ1) is 14.6. The van der Waals surface area contributed by atoms with E-state index >= 15 is 0 Å². The number of pyridine rings is 1. The number of aromatic nitrogens is 3. The molecule has 0 saturated carbocycles. The molecule has 0 saturated heterocycles. The third kappa shape index (κ3) is 3.03. The van der Waals surface area contributed by atoms with E-state index in [2.05, 4.69) is 15.2 Å². The van der Waals surface area contributed by atoms with Crippen molar-refractivity contribution >= 4 is 5.91 Å². The highest BCUT2D eigenvalue weighted by Gasteiger charge is 2.42. The first-order valence-electron chi connectivity index (χ1n) is 9.76. The second kappa shape index (κ2) is 7.15. The molecule has 1 amide bonds. The number of H-pyrrole nitrogens is 1. The number of rotatable bonds is 4. The summed E-state index contributed by atoms with van der Waals surface area (Å²) in [6.45, 7) is 2.49. The fourth-order valence-electron chi connectivity index (χ4n) is 3.98. The fraction of sp³-hybridized carbons (Fsp3) is 0.125. The lowest BCUT2D eigenvalue weighted by molar-refractivity contribution is 0.0730. The molecule has 0 spiro atoms. The highest BCUT2D eigenvalue weighted by Crippen LogP contribution is 2.43. The second-order valence-electron chi connectivity index (χ2n) is 7.51. The molecule has 0 aliphatic carbocycles. The van der Waals surface area contributed by atoms with Crippen molar-refractivity contribution in [3.05, 3.63) is 101 Å². The van der Waals surface area contributed by atoms with Crippen LogP contribution in [0.5, 0.6) is 5.75 Å². The number of phenolic OH excluding ortho intramolecular Hbond substituents is 1. The van der Waals surface area contributed by atoms with Gasteiger partial charge in [-0.05, 0) is 42.3 Å². The lowest BCUT2D eigenvalue weighted by Gasteiger charge is -2.26. The smallest absolute Gasteiger partial charge is 0.273 e. The zero-order valence-electron chi connectivity index (χ0n) is 16.4. The van der Waals surface area contributed by atoms with Gasteiger partial charge in [0, 0.05) is 30.1 Å². The van der Waals surface area contributed by atoms with Crippen molar-refractivity contribution in [3.63, 3.8) is 0 Å². The molecule has 1 aliphatic rings. The van der Waals surface area contributed by atoms with Crippen LogP contribution in [-0.4, -0.2) is 31.1 Å². The van der Waals surface area contributed by atoms with Gasteiger partial charge in [-0.25, -0.2) is 0 Å². The van der Waals surface area contributed by atoms with Crippen molar-refractivity contribution in [2.24, 2.45) is 0 Å². The summed E-state index contributed by atoms with van der Waals surface area (Å²) in [6, 6.07) is 18.6. The lowest BCUT2D eigenvalue weighted by Crippen LogP contribution is -2.29. The van der Waals surface area contributed by atoms with E-state index in [4.69, 9.17) is 0 Å². The molecule has 1 aliphatic heterocycles. The van der Waals surface area contributed by atoms with Crippen molar-refractivity contribution < 1.29 is 9.90 Å². The number of carbonyl (C=O) groups excluding carboxylic acids is 1. The summed E-state index contributed by atoms with van der Waals surface area (Å²) in [4.78, 5) is 19.2. The largest absolute Gasteiger partial charge is 0.508 e. The Bertz CT molecular complexity index is 1200. The number of aryl methyl sites for hydroxylation is 1. The number of carbonyl (C=O) groups is 1. The molecule has 0 bridgehead atoms. The number of hydrogen-bond acceptors (Lipinski definition) is 4. The number of phenols is 1. The molecule has 5 rings (SSSR count). The maximum Gasteiger partial charge on any atom is 0.273 e. The van der Waals surface area contributed by atoms with Gasteiger partial charge in [-0.15, -0.1) is 0 Å². The minimum absolute atomic E-state index is 0.0919. The van der Waals surface area contributed by atoms with Gasteiger partial charge in [0.2, 0.25) is 0 Å². The van der Waals surface area contributed by atoms with Crippen LogP contribution in [0.4, 0.5) is 0 Å². The van der Waals surface area contributed by atoms with Crippen molar-refractivity contribution in [2.75, 3.05) is 0 Å². The number of aromatic amines is 1. The Morgan fingerprint density at radius 1 is 1.00 bits per heavy atom. The zero-order valence-corrected chi connectivity index (χ0v) is 16.4. The SMILES string of the molecule is Cc1ccc(-c2n[nH]c3c2C(c2ccc(O)cc2)N(Cc2ccncc2)C3=O)cc1. The van der Waals surface area contributed by atoms with Crippen LogP contribution in [0, 0.1) is 6.92 Å². The zero-order chi connectivity index (χ0) is 20.7. The number of nitrogens with zero attached hydrogens (tertiary/aromatic N) is 3. The van der Waals surface area contributed by atoms with Crippen molar-refractivity contribution in [2.45, 2.75) is 19.5 Å². The van der Waals surface area contributed by atoms with Gasteiger partial charge >= 0.3 is 0 Å². The fourth-order valence-corrected chi connectivity index (χ4v) is 3.98. The van der Waals surface area contributed by atoms with Gasteiger partial charge in [-0.2, -0.15) is 5.10 Å². The van der Waals surface area contributed by atoms with E-state index in [1.54, 1.807) is 24.5 Å². The molecule has 1 atom stereocenters. The molecule has 4 aromatic rings. The number of aromatic hydroxyl groups is 1. The summed E-state index contributed by atoms with van der Waals surface area (Å²) in [7, 11) is 0. The predicted octanol–water partition coefficient (Wildman–Crippen LogP) is 4.23. The molecule has 2 aromatic heterocycles. The van der Waals surface area contributed by atoms with Crippen LogP contribution in [0.2, 0.25) is 0 Å². The van der Waals surface area contributed by atoms with Gasteiger partial charge < -0.3 is 10.0 Å². The van der Waals surface area contributed by atoms with Gasteiger partial charge in [0.15, 0.2) is 0 Å². The molecule has 2 aromatic carbocycles. The monoisotopic (exact) mass is 396 g/mol. The molecule has 0 fully saturated rings. The Balaban J connectivity index is 1.64. The van der Waals surface area contributed by atoms with E-state index in [1.165, 1.54) is 0 Å². The molecule has 3 heterocycles. The molecule has 0 radical (unpaired) electrons. The summed E-state index contributed by atoms with van der Waals surface area (Å²) >= 11 is 0. The lowest BCUT2D eigenvalue weighted by atomic mass is 9.95. The summed E-state index contributed by atoms with van der Waals surface area (Å²) in [6.07, 6.45) is 3.45. The third-order valence-corrected chi connectivity index (χ3v) is 5.50. The minimum Gasteiger partial charge on any atom is -0.508 e. The average molecular weight is 396 g/mol. The predicted molar refractivity (Wildman–Crippen MR) is 113 cm³/mol. The number of benzene rings is 2. The van der Waals surface area contributed by atoms with E-state index in [1.807, 2.05) is 60.4 Å². The first kappa shape index (κ1) is 18.1. The Kier molecular flexibility index (Phi) is 4.32. The Hall–Kier alpha value is -3.93. The van der Waals surface area contributed by atoms with Crippen LogP contribution in [-0.2, 0) is 6.54 Å². The van der Waals surface area contributed by atoms with E-state index in [-0.39, 0.29) is 17.7 Å². The van der Waals surface area contributed by atoms with Crippen molar-refractivity contribution in [1.82, 2.24) is 20.1 Å². The quantitative estimate of drug-likeness (QED) is 0.541. The van der Waals surface area contributed by atoms with Gasteiger partial charge in [0.1, 0.15) is 11.4 Å². The standard InChI is InChI=1S/C24H20N4O2/c1-15-2-4-17(5-3-15)21-20-22(27-26-21)24(30)28(14-16-10-12-25-13-11-16)23(20)18-6-8-19(29)9-7-18/h2-13,23,29H,14H2,1H3,(H,26,27). The molecule has 1 unspecified atom stereocenters. The second-order valence-corrected chi connectivity index (χ2v) is 7.51. The van der Waals surface area contributed by atoms with Crippen LogP contribution in [0.25, 0.3) is 11.3 Å². The topological polar surface area (TPSA) is 82.1 Å². The Morgan fingerprint density at radius 2 is 1.70 bits per heavy atom. The van der Waals surface area contributed by atoms with Crippen LogP contribution in [0.3, 0.4) is 0 Å². The van der Waals surface area contributed by atoms with Gasteiger partial charge in [0.05, 0.1) is 11.7 Å². The molecule has 2 N–H and O–H groups in total. The van der Waals surface area contributed by atoms with Crippen LogP contribution in [0.15, 0.2) is 73.1 Å². The number of fused-ring (bicyclic) bond motifs is 1. The van der Waals surface area contributed by atoms with E-state index < -0.39 is 0 Å². The molecular weight excluding hydrogens is 376 g/mol. The van der Waals surface area contributed by atoms with Crippen LogP contribution in [0.1, 0.15) is 38.8 Å². The number of hydrogen-bond donors (Lipinski definition) is 2. The number of nitrogens with one attached hydrogen (secondary N) is 1. The molecular formula is C24H20N4O2. The third-order valence-electron chi connectivity index (χ3n) is 5.50. The van der Waals surface area contributed by atoms with E-state index in [0.29, 0.717) is 12.2 Å². The average Bonchev–Trinajstić information content (AvgIpc) is 3.30. The van der Waals surface area contributed by atoms with Crippen LogP contribution < -0.4 is 0 Å². The molecule has 6 heteroatoms. The maximum atomic E-state index is 13.3.